The van der Waals surface area contributed by atoms with Gasteiger partial charge in [-0.15, -0.1) is 0 Å². The van der Waals surface area contributed by atoms with E-state index in [1.165, 1.54) is 0 Å². The number of hydrogen-bond donors (Lipinski definition) is 0. The minimum absolute atomic E-state index is 0.161. The topological polar surface area (TPSA) is 86.7 Å². The molecule has 0 N–H and O–H groups in total. The van der Waals surface area contributed by atoms with E-state index >= 15 is 0 Å². The summed E-state index contributed by atoms with van der Waals surface area (Å²) in [6.07, 6.45) is 1.38. The second-order valence-corrected chi connectivity index (χ2v) is 7.63. The van der Waals surface area contributed by atoms with E-state index in [-0.39, 0.29) is 6.42 Å². The molecule has 0 radical (unpaired) electrons. The van der Waals surface area contributed by atoms with Crippen LogP contribution in [0.25, 0.3) is 0 Å². The van der Waals surface area contributed by atoms with Gasteiger partial charge in [0.05, 0.1) is 0 Å². The van der Waals surface area contributed by atoms with Crippen LogP contribution in [0, 0.1) is 11.8 Å². The Balaban J connectivity index is 2.13. The number of allylic oxidation sites excluding steroid dienone is 2. The molecule has 2 rings (SSSR count). The number of alkyl halides is 6. The van der Waals surface area contributed by atoms with Crippen molar-refractivity contribution in [1.82, 2.24) is 0 Å². The van der Waals surface area contributed by atoms with E-state index in [9.17, 15) is 43.2 Å². The lowest BCUT2D eigenvalue weighted by Crippen LogP contribution is -2.27. The van der Waals surface area contributed by atoms with Crippen molar-refractivity contribution in [3.05, 3.63) is 23.7 Å². The predicted molar refractivity (Wildman–Crippen MR) is 59.9 cm³/mol. The van der Waals surface area contributed by atoms with Crippen molar-refractivity contribution in [3.8, 4) is 0 Å². The molecule has 0 fully saturated rings. The first-order valence-electron chi connectivity index (χ1n) is 5.59. The van der Waals surface area contributed by atoms with E-state index in [1.807, 2.05) is 0 Å². The quantitative estimate of drug-likeness (QED) is 0.417. The van der Waals surface area contributed by atoms with E-state index in [0.717, 1.165) is 12.2 Å². The molecule has 2 aliphatic rings. The highest BCUT2D eigenvalue weighted by atomic mass is 32.2. The van der Waals surface area contributed by atoms with Crippen molar-refractivity contribution in [2.24, 2.45) is 11.8 Å². The lowest BCUT2D eigenvalue weighted by molar-refractivity contribution is -0.0531. The Labute approximate surface area is 125 Å². The molecule has 2 aliphatic carbocycles. The van der Waals surface area contributed by atoms with E-state index in [4.69, 9.17) is 0 Å². The first-order valence-corrected chi connectivity index (χ1v) is 8.40. The lowest BCUT2D eigenvalue weighted by atomic mass is 10.1. The van der Waals surface area contributed by atoms with Gasteiger partial charge < -0.3 is 8.37 Å². The molecule has 2 atom stereocenters. The van der Waals surface area contributed by atoms with Crippen LogP contribution in [-0.4, -0.2) is 27.9 Å². The van der Waals surface area contributed by atoms with Crippen molar-refractivity contribution in [2.75, 3.05) is 0 Å². The van der Waals surface area contributed by atoms with E-state index in [0.29, 0.717) is 0 Å². The molecule has 2 bridgehead atoms. The summed E-state index contributed by atoms with van der Waals surface area (Å²) in [5.41, 5.74) is -11.3. The molecular formula is C9H6F6O6S2. The van der Waals surface area contributed by atoms with Gasteiger partial charge in [0, 0.05) is 11.8 Å². The SMILES string of the molecule is O=S(=O)(OC1=C[C@@H]2CC1C=C2OS(=O)(=O)C(F)(F)F)C(F)(F)F. The normalized spacial score (nSPS) is 25.1. The lowest BCUT2D eigenvalue weighted by Gasteiger charge is -2.16. The van der Waals surface area contributed by atoms with Gasteiger partial charge in [0.2, 0.25) is 0 Å². The van der Waals surface area contributed by atoms with Crippen molar-refractivity contribution in [3.63, 3.8) is 0 Å². The maximum Gasteiger partial charge on any atom is 0.534 e. The summed E-state index contributed by atoms with van der Waals surface area (Å²) >= 11 is 0. The third-order valence-electron chi connectivity index (χ3n) is 2.95. The van der Waals surface area contributed by atoms with Gasteiger partial charge in [0.25, 0.3) is 0 Å². The molecule has 1 unspecified atom stereocenters. The maximum atomic E-state index is 12.2. The molecule has 0 saturated carbocycles. The smallest absolute Gasteiger partial charge is 0.380 e. The molecule has 6 nitrogen and oxygen atoms in total. The molecule has 0 aliphatic heterocycles. The third kappa shape index (κ3) is 3.27. The zero-order valence-corrected chi connectivity index (χ0v) is 12.2. The first kappa shape index (κ1) is 17.9. The summed E-state index contributed by atoms with van der Waals surface area (Å²) in [6.45, 7) is 0. The number of fused-ring (bicyclic) bond motifs is 2. The van der Waals surface area contributed by atoms with Crippen LogP contribution in [0.5, 0.6) is 0 Å². The molecule has 132 valence electrons. The summed E-state index contributed by atoms with van der Waals surface area (Å²) in [5, 5.41) is 0. The minimum Gasteiger partial charge on any atom is -0.380 e. The molecule has 0 aromatic heterocycles. The summed E-state index contributed by atoms with van der Waals surface area (Å²) in [5.74, 6) is -3.56. The van der Waals surface area contributed by atoms with Gasteiger partial charge in [0.1, 0.15) is 11.5 Å². The maximum absolute atomic E-state index is 12.2. The van der Waals surface area contributed by atoms with Crippen LogP contribution in [0.1, 0.15) is 6.42 Å². The van der Waals surface area contributed by atoms with Crippen molar-refractivity contribution < 1.29 is 51.5 Å². The van der Waals surface area contributed by atoms with Crippen LogP contribution in [0.2, 0.25) is 0 Å². The zero-order valence-electron chi connectivity index (χ0n) is 10.6. The summed E-state index contributed by atoms with van der Waals surface area (Å²) in [4.78, 5) is 0. The van der Waals surface area contributed by atoms with Gasteiger partial charge in [0.15, 0.2) is 0 Å². The van der Waals surface area contributed by atoms with Crippen LogP contribution >= 0.6 is 0 Å². The summed E-state index contributed by atoms with van der Waals surface area (Å²) < 4.78 is 124. The Bertz CT molecular complexity index is 706. The first-order chi connectivity index (χ1) is 10.1. The largest absolute Gasteiger partial charge is 0.534 e. The van der Waals surface area contributed by atoms with Gasteiger partial charge in [-0.25, -0.2) is 0 Å². The fraction of sp³-hybridized carbons (Fsp3) is 0.556. The Morgan fingerprint density at radius 2 is 1.09 bits per heavy atom. The average molecular weight is 388 g/mol. The molecule has 0 heterocycles. The standard InChI is InChI=1S/C9H6F6O6S2/c10-8(11,12)22(16,17)20-6-2-4-1-5(6)3-7(4)21-23(18,19)9(13,14)15/h2-5H,1H2/t4-,5?/m0/s1. The average Bonchev–Trinajstić information content (AvgIpc) is 2.83. The van der Waals surface area contributed by atoms with E-state index in [2.05, 4.69) is 8.37 Å². The van der Waals surface area contributed by atoms with Crippen LogP contribution in [0.4, 0.5) is 26.3 Å². The molecule has 0 saturated heterocycles. The third-order valence-corrected chi connectivity index (χ3v) is 4.91. The molecule has 0 spiro atoms. The van der Waals surface area contributed by atoms with Crippen LogP contribution in [0.3, 0.4) is 0 Å². The predicted octanol–water partition coefficient (Wildman–Crippen LogP) is 2.14. The second-order valence-electron chi connectivity index (χ2n) is 4.55. The van der Waals surface area contributed by atoms with Crippen molar-refractivity contribution in [2.45, 2.75) is 17.4 Å². The molecule has 0 aromatic carbocycles. The Hall–Kier alpha value is -1.44. The monoisotopic (exact) mass is 388 g/mol. The highest BCUT2D eigenvalue weighted by Crippen LogP contribution is 2.46. The molecule has 23 heavy (non-hydrogen) atoms. The van der Waals surface area contributed by atoms with Gasteiger partial charge in [-0.3, -0.25) is 0 Å². The van der Waals surface area contributed by atoms with Gasteiger partial charge in [-0.1, -0.05) is 0 Å². The van der Waals surface area contributed by atoms with Crippen LogP contribution < -0.4 is 0 Å². The molecule has 0 aromatic rings. The Morgan fingerprint density at radius 3 is 1.30 bits per heavy atom. The Kier molecular flexibility index (Phi) is 3.91. The Morgan fingerprint density at radius 1 is 0.783 bits per heavy atom. The zero-order chi connectivity index (χ0) is 17.8. The number of hydrogen-bond acceptors (Lipinski definition) is 6. The van der Waals surface area contributed by atoms with Crippen molar-refractivity contribution >= 4 is 20.2 Å². The second kappa shape index (κ2) is 5.03. The van der Waals surface area contributed by atoms with E-state index in [1.54, 1.807) is 0 Å². The van der Waals surface area contributed by atoms with Gasteiger partial charge in [-0.2, -0.15) is 43.2 Å². The highest BCUT2D eigenvalue weighted by Gasteiger charge is 2.53. The van der Waals surface area contributed by atoms with Crippen LogP contribution in [0.15, 0.2) is 23.7 Å². The minimum atomic E-state index is -5.92. The fourth-order valence-electron chi connectivity index (χ4n) is 1.98. The van der Waals surface area contributed by atoms with Gasteiger partial charge >= 0.3 is 31.3 Å². The van der Waals surface area contributed by atoms with E-state index < -0.39 is 54.6 Å². The summed E-state index contributed by atoms with van der Waals surface area (Å²) in [6, 6.07) is 0. The van der Waals surface area contributed by atoms with Gasteiger partial charge in [-0.05, 0) is 18.6 Å². The molecule has 14 heteroatoms. The number of halogens is 6. The summed E-state index contributed by atoms with van der Waals surface area (Å²) in [7, 11) is -11.8. The molecule has 0 amide bonds. The van der Waals surface area contributed by atoms with Crippen molar-refractivity contribution in [1.29, 1.82) is 0 Å². The number of rotatable bonds is 4. The fourth-order valence-corrected chi connectivity index (χ4v) is 3.03. The molecular weight excluding hydrogens is 382 g/mol. The highest BCUT2D eigenvalue weighted by molar-refractivity contribution is 7.88. The van der Waals surface area contributed by atoms with Crippen LogP contribution in [-0.2, 0) is 28.6 Å².